The molecule has 1 N–H and O–H groups in total. The maximum absolute atomic E-state index is 11.8. The second-order valence-electron chi connectivity index (χ2n) is 4.34. The Labute approximate surface area is 90.1 Å². The Morgan fingerprint density at radius 3 is 2.62 bits per heavy atom. The number of hydrogen-bond acceptors (Lipinski definition) is 4. The maximum atomic E-state index is 11.8. The van der Waals surface area contributed by atoms with E-state index in [1.54, 1.807) is 0 Å². The van der Waals surface area contributed by atoms with Crippen LogP contribution >= 0.6 is 0 Å². The van der Waals surface area contributed by atoms with E-state index in [9.17, 15) is 18.0 Å². The standard InChI is InChI=1S/C9H12F3NO3/c10-9(11,12)7(14)15-2-6-1-8(5-16-6)3-13-4-8/h6,13H,1-5H2. The molecule has 2 heterocycles. The molecule has 1 atom stereocenters. The molecule has 0 aromatic rings. The predicted molar refractivity (Wildman–Crippen MR) is 46.7 cm³/mol. The van der Waals surface area contributed by atoms with E-state index >= 15 is 0 Å². The summed E-state index contributed by atoms with van der Waals surface area (Å²) in [5, 5.41) is 3.09. The van der Waals surface area contributed by atoms with Crippen LogP contribution in [0.2, 0.25) is 0 Å². The molecule has 4 nitrogen and oxygen atoms in total. The molecule has 0 radical (unpaired) electrons. The van der Waals surface area contributed by atoms with Crippen LogP contribution in [0.5, 0.6) is 0 Å². The molecule has 16 heavy (non-hydrogen) atoms. The molecule has 7 heteroatoms. The summed E-state index contributed by atoms with van der Waals surface area (Å²) in [4.78, 5) is 10.5. The van der Waals surface area contributed by atoms with E-state index in [1.807, 2.05) is 0 Å². The minimum atomic E-state index is -4.92. The van der Waals surface area contributed by atoms with Crippen LogP contribution in [0.3, 0.4) is 0 Å². The van der Waals surface area contributed by atoms with Gasteiger partial charge in [0.15, 0.2) is 0 Å². The Morgan fingerprint density at radius 2 is 2.19 bits per heavy atom. The first-order valence-electron chi connectivity index (χ1n) is 4.98. The Kier molecular flexibility index (Phi) is 2.83. The lowest BCUT2D eigenvalue weighted by atomic mass is 9.80. The van der Waals surface area contributed by atoms with E-state index in [0.29, 0.717) is 13.0 Å². The van der Waals surface area contributed by atoms with Gasteiger partial charge in [-0.3, -0.25) is 0 Å². The smallest absolute Gasteiger partial charge is 0.456 e. The minimum absolute atomic E-state index is 0.0509. The molecule has 0 aromatic carbocycles. The molecule has 2 aliphatic rings. The summed E-state index contributed by atoms with van der Waals surface area (Å²) in [5.41, 5.74) is 0.0509. The van der Waals surface area contributed by atoms with Crippen LogP contribution in [-0.4, -0.2) is 44.6 Å². The Bertz CT molecular complexity index is 288. The number of rotatable bonds is 2. The van der Waals surface area contributed by atoms with Crippen molar-refractivity contribution in [1.29, 1.82) is 0 Å². The number of nitrogens with one attached hydrogen (secondary N) is 1. The van der Waals surface area contributed by atoms with Crippen molar-refractivity contribution < 1.29 is 27.4 Å². The highest BCUT2D eigenvalue weighted by atomic mass is 19.4. The SMILES string of the molecule is O=C(OCC1CC2(CNC2)CO1)C(F)(F)F. The van der Waals surface area contributed by atoms with Gasteiger partial charge in [0, 0.05) is 18.5 Å². The summed E-state index contributed by atoms with van der Waals surface area (Å²) in [6.07, 6.45) is -4.69. The number of halogens is 3. The summed E-state index contributed by atoms with van der Waals surface area (Å²) in [6.45, 7) is 1.84. The van der Waals surface area contributed by atoms with Crippen molar-refractivity contribution in [2.45, 2.75) is 18.7 Å². The van der Waals surface area contributed by atoms with E-state index in [4.69, 9.17) is 4.74 Å². The number of hydrogen-bond donors (Lipinski definition) is 1. The highest BCUT2D eigenvalue weighted by molar-refractivity contribution is 5.75. The summed E-state index contributed by atoms with van der Waals surface area (Å²) >= 11 is 0. The zero-order chi connectivity index (χ0) is 11.8. The number of esters is 1. The van der Waals surface area contributed by atoms with Crippen molar-refractivity contribution in [2.24, 2.45) is 5.41 Å². The average Bonchev–Trinajstić information content (AvgIpc) is 2.56. The quantitative estimate of drug-likeness (QED) is 0.712. The molecule has 0 amide bonds. The number of alkyl halides is 3. The van der Waals surface area contributed by atoms with Crippen molar-refractivity contribution >= 4 is 5.97 Å². The Morgan fingerprint density at radius 1 is 1.50 bits per heavy atom. The van der Waals surface area contributed by atoms with Crippen LogP contribution in [0.15, 0.2) is 0 Å². The highest BCUT2D eigenvalue weighted by Crippen LogP contribution is 2.36. The summed E-state index contributed by atoms with van der Waals surface area (Å²) < 4.78 is 44.9. The van der Waals surface area contributed by atoms with Crippen LogP contribution < -0.4 is 5.32 Å². The van der Waals surface area contributed by atoms with Crippen molar-refractivity contribution in [1.82, 2.24) is 5.32 Å². The number of ether oxygens (including phenoxy) is 2. The highest BCUT2D eigenvalue weighted by Gasteiger charge is 2.46. The topological polar surface area (TPSA) is 47.6 Å². The first-order valence-corrected chi connectivity index (χ1v) is 4.98. The molecule has 2 aliphatic heterocycles. The van der Waals surface area contributed by atoms with Crippen LogP contribution in [0.1, 0.15) is 6.42 Å². The molecule has 0 aromatic heterocycles. The van der Waals surface area contributed by atoms with Crippen molar-refractivity contribution in [3.63, 3.8) is 0 Å². The minimum Gasteiger partial charge on any atom is -0.456 e. The van der Waals surface area contributed by atoms with Gasteiger partial charge in [-0.1, -0.05) is 0 Å². The maximum Gasteiger partial charge on any atom is 0.490 e. The monoisotopic (exact) mass is 239 g/mol. The van der Waals surface area contributed by atoms with Gasteiger partial charge in [0.25, 0.3) is 0 Å². The van der Waals surface area contributed by atoms with Gasteiger partial charge in [-0.25, -0.2) is 4.79 Å². The van der Waals surface area contributed by atoms with Crippen LogP contribution in [-0.2, 0) is 14.3 Å². The van der Waals surface area contributed by atoms with Gasteiger partial charge in [0.05, 0.1) is 12.7 Å². The van der Waals surface area contributed by atoms with Crippen LogP contribution in [0.4, 0.5) is 13.2 Å². The molecule has 0 saturated carbocycles. The first kappa shape index (κ1) is 11.7. The molecule has 92 valence electrons. The molecule has 2 fully saturated rings. The van der Waals surface area contributed by atoms with Gasteiger partial charge < -0.3 is 14.8 Å². The average molecular weight is 239 g/mol. The fraction of sp³-hybridized carbons (Fsp3) is 0.889. The van der Waals surface area contributed by atoms with Gasteiger partial charge in [-0.2, -0.15) is 13.2 Å². The lowest BCUT2D eigenvalue weighted by molar-refractivity contribution is -0.202. The van der Waals surface area contributed by atoms with Crippen LogP contribution in [0, 0.1) is 5.41 Å². The summed E-state index contributed by atoms with van der Waals surface area (Å²) in [5.74, 6) is -2.15. The third kappa shape index (κ3) is 2.30. The molecule has 2 saturated heterocycles. The predicted octanol–water partition coefficient (Wildman–Crippen LogP) is 0.470. The van der Waals surface area contributed by atoms with Crippen molar-refractivity contribution in [3.05, 3.63) is 0 Å². The molecule has 1 unspecified atom stereocenters. The molecular weight excluding hydrogens is 227 g/mol. The fourth-order valence-electron chi connectivity index (χ4n) is 1.98. The Hall–Kier alpha value is -0.820. The number of carbonyl (C=O) groups excluding carboxylic acids is 1. The third-order valence-corrected chi connectivity index (χ3v) is 2.92. The second-order valence-corrected chi connectivity index (χ2v) is 4.34. The van der Waals surface area contributed by atoms with Crippen LogP contribution in [0.25, 0.3) is 0 Å². The fourth-order valence-corrected chi connectivity index (χ4v) is 1.98. The normalized spacial score (nSPS) is 27.8. The lowest BCUT2D eigenvalue weighted by Crippen LogP contribution is -2.54. The summed E-state index contributed by atoms with van der Waals surface area (Å²) in [7, 11) is 0. The van der Waals surface area contributed by atoms with E-state index in [2.05, 4.69) is 10.1 Å². The van der Waals surface area contributed by atoms with Crippen molar-refractivity contribution in [2.75, 3.05) is 26.3 Å². The van der Waals surface area contributed by atoms with E-state index in [0.717, 1.165) is 13.1 Å². The molecular formula is C9H12F3NO3. The van der Waals surface area contributed by atoms with E-state index < -0.39 is 18.2 Å². The van der Waals surface area contributed by atoms with Gasteiger partial charge in [-0.15, -0.1) is 0 Å². The van der Waals surface area contributed by atoms with Gasteiger partial charge in [0.2, 0.25) is 0 Å². The third-order valence-electron chi connectivity index (χ3n) is 2.92. The molecule has 0 bridgehead atoms. The molecule has 0 aliphatic carbocycles. The zero-order valence-electron chi connectivity index (χ0n) is 8.47. The van der Waals surface area contributed by atoms with Crippen molar-refractivity contribution in [3.8, 4) is 0 Å². The van der Waals surface area contributed by atoms with Gasteiger partial charge in [-0.05, 0) is 6.42 Å². The summed E-state index contributed by atoms with van der Waals surface area (Å²) in [6, 6.07) is 0. The number of carbonyl (C=O) groups is 1. The molecule has 2 rings (SSSR count). The molecule has 1 spiro atoms. The zero-order valence-corrected chi connectivity index (χ0v) is 8.47. The first-order chi connectivity index (χ1) is 7.41. The van der Waals surface area contributed by atoms with E-state index in [-0.39, 0.29) is 12.0 Å². The largest absolute Gasteiger partial charge is 0.490 e. The Balaban J connectivity index is 1.74. The second kappa shape index (κ2) is 3.89. The van der Waals surface area contributed by atoms with Gasteiger partial charge in [0.1, 0.15) is 6.61 Å². The van der Waals surface area contributed by atoms with E-state index in [1.165, 1.54) is 0 Å². The lowest BCUT2D eigenvalue weighted by Gasteiger charge is -2.37. The van der Waals surface area contributed by atoms with Gasteiger partial charge >= 0.3 is 12.1 Å².